The summed E-state index contributed by atoms with van der Waals surface area (Å²) in [5.74, 6) is 1.58. The van der Waals surface area contributed by atoms with Gasteiger partial charge in [0.25, 0.3) is 0 Å². The summed E-state index contributed by atoms with van der Waals surface area (Å²) in [5.41, 5.74) is 7.21. The number of rotatable bonds is 5. The normalized spacial score (nSPS) is 20.6. The maximum atomic E-state index is 12.5. The van der Waals surface area contributed by atoms with Crippen LogP contribution >= 0.6 is 0 Å². The van der Waals surface area contributed by atoms with Crippen molar-refractivity contribution in [2.75, 3.05) is 13.1 Å². The Morgan fingerprint density at radius 3 is 2.71 bits per heavy atom. The molecule has 0 aromatic heterocycles. The summed E-state index contributed by atoms with van der Waals surface area (Å²) in [6.07, 6.45) is 4.02. The molecule has 0 aliphatic carbocycles. The Hall–Kier alpha value is -1.35. The second-order valence-corrected chi connectivity index (χ2v) is 6.70. The first-order chi connectivity index (χ1) is 10.1. The highest BCUT2D eigenvalue weighted by Crippen LogP contribution is 2.24. The third-order valence-electron chi connectivity index (χ3n) is 4.30. The Morgan fingerprint density at radius 1 is 1.33 bits per heavy atom. The fourth-order valence-corrected chi connectivity index (χ4v) is 3.29. The van der Waals surface area contributed by atoms with Gasteiger partial charge in [-0.3, -0.25) is 4.79 Å². The summed E-state index contributed by atoms with van der Waals surface area (Å²) >= 11 is 0. The third-order valence-corrected chi connectivity index (χ3v) is 4.30. The maximum Gasteiger partial charge on any atom is 0.224 e. The van der Waals surface area contributed by atoms with E-state index in [0.717, 1.165) is 25.1 Å². The third kappa shape index (κ3) is 4.85. The standard InChI is InChI=1S/C18H28N2O/c1-14(2)11-15-7-6-10-20(13-15)18(21)12-17(19)16-8-4-3-5-9-16/h3-5,8-9,14-15,17H,6-7,10-13,19H2,1-2H3. The van der Waals surface area contributed by atoms with E-state index in [4.69, 9.17) is 5.73 Å². The molecule has 116 valence electrons. The first-order valence-corrected chi connectivity index (χ1v) is 8.14. The molecule has 2 N–H and O–H groups in total. The quantitative estimate of drug-likeness (QED) is 0.903. The van der Waals surface area contributed by atoms with Crippen LogP contribution in [0.1, 0.15) is 51.1 Å². The van der Waals surface area contributed by atoms with E-state index in [1.54, 1.807) is 0 Å². The Morgan fingerprint density at radius 2 is 2.05 bits per heavy atom. The second kappa shape index (κ2) is 7.60. The minimum absolute atomic E-state index is 0.191. The van der Waals surface area contributed by atoms with Gasteiger partial charge in [0.15, 0.2) is 0 Å². The lowest BCUT2D eigenvalue weighted by Gasteiger charge is -2.34. The number of carbonyl (C=O) groups excluding carboxylic acids is 1. The Balaban J connectivity index is 1.88. The van der Waals surface area contributed by atoms with Gasteiger partial charge in [-0.15, -0.1) is 0 Å². The van der Waals surface area contributed by atoms with Crippen LogP contribution in [0.5, 0.6) is 0 Å². The summed E-state index contributed by atoms with van der Waals surface area (Å²) in [4.78, 5) is 14.5. The van der Waals surface area contributed by atoms with Crippen molar-refractivity contribution in [3.05, 3.63) is 35.9 Å². The van der Waals surface area contributed by atoms with E-state index in [0.29, 0.717) is 18.3 Å². The Bertz CT molecular complexity index is 444. The number of nitrogens with two attached hydrogens (primary N) is 1. The smallest absolute Gasteiger partial charge is 0.224 e. The minimum atomic E-state index is -0.191. The molecule has 2 unspecified atom stereocenters. The van der Waals surface area contributed by atoms with Crippen LogP contribution in [0.2, 0.25) is 0 Å². The van der Waals surface area contributed by atoms with Crippen LogP contribution in [0.25, 0.3) is 0 Å². The molecule has 1 heterocycles. The average molecular weight is 288 g/mol. The van der Waals surface area contributed by atoms with Gasteiger partial charge >= 0.3 is 0 Å². The molecule has 0 saturated carbocycles. The van der Waals surface area contributed by atoms with Gasteiger partial charge < -0.3 is 10.6 Å². The molecule has 1 aromatic rings. The highest BCUT2D eigenvalue weighted by Gasteiger charge is 2.25. The van der Waals surface area contributed by atoms with Crippen LogP contribution in [-0.4, -0.2) is 23.9 Å². The van der Waals surface area contributed by atoms with Crippen molar-refractivity contribution < 1.29 is 4.79 Å². The van der Waals surface area contributed by atoms with Crippen molar-refractivity contribution in [2.45, 2.75) is 45.6 Å². The largest absolute Gasteiger partial charge is 0.342 e. The SMILES string of the molecule is CC(C)CC1CCCN(C(=O)CC(N)c2ccccc2)C1. The van der Waals surface area contributed by atoms with E-state index >= 15 is 0 Å². The first-order valence-electron chi connectivity index (χ1n) is 8.14. The van der Waals surface area contributed by atoms with E-state index in [1.807, 2.05) is 35.2 Å². The van der Waals surface area contributed by atoms with Gasteiger partial charge in [-0.2, -0.15) is 0 Å². The molecule has 1 aliphatic heterocycles. The van der Waals surface area contributed by atoms with Crippen molar-refractivity contribution in [1.82, 2.24) is 4.90 Å². The molecule has 1 saturated heterocycles. The van der Waals surface area contributed by atoms with E-state index in [1.165, 1.54) is 12.8 Å². The monoisotopic (exact) mass is 288 g/mol. The second-order valence-electron chi connectivity index (χ2n) is 6.70. The predicted octanol–water partition coefficient (Wildman–Crippen LogP) is 3.36. The van der Waals surface area contributed by atoms with Crippen LogP contribution in [0.15, 0.2) is 30.3 Å². The van der Waals surface area contributed by atoms with Crippen molar-refractivity contribution in [2.24, 2.45) is 17.6 Å². The number of carbonyl (C=O) groups is 1. The zero-order valence-corrected chi connectivity index (χ0v) is 13.3. The topological polar surface area (TPSA) is 46.3 Å². The molecule has 0 radical (unpaired) electrons. The van der Waals surface area contributed by atoms with Crippen LogP contribution in [0.3, 0.4) is 0 Å². The number of hydrogen-bond donors (Lipinski definition) is 1. The van der Waals surface area contributed by atoms with Crippen molar-refractivity contribution in [3.8, 4) is 0 Å². The lowest BCUT2D eigenvalue weighted by Crippen LogP contribution is -2.41. The fraction of sp³-hybridized carbons (Fsp3) is 0.611. The van der Waals surface area contributed by atoms with Gasteiger partial charge in [-0.1, -0.05) is 44.2 Å². The van der Waals surface area contributed by atoms with Gasteiger partial charge in [-0.25, -0.2) is 0 Å². The molecule has 2 atom stereocenters. The lowest BCUT2D eigenvalue weighted by atomic mass is 9.89. The van der Waals surface area contributed by atoms with E-state index in [2.05, 4.69) is 13.8 Å². The molecule has 1 amide bonds. The summed E-state index contributed by atoms with van der Waals surface area (Å²) in [6.45, 7) is 6.33. The van der Waals surface area contributed by atoms with E-state index < -0.39 is 0 Å². The number of amides is 1. The summed E-state index contributed by atoms with van der Waals surface area (Å²) in [7, 11) is 0. The zero-order valence-electron chi connectivity index (χ0n) is 13.3. The molecule has 0 bridgehead atoms. The molecule has 1 fully saturated rings. The number of benzene rings is 1. The van der Waals surface area contributed by atoms with E-state index in [9.17, 15) is 4.79 Å². The van der Waals surface area contributed by atoms with E-state index in [-0.39, 0.29) is 11.9 Å². The van der Waals surface area contributed by atoms with Crippen molar-refractivity contribution >= 4 is 5.91 Å². The van der Waals surface area contributed by atoms with Crippen LogP contribution < -0.4 is 5.73 Å². The van der Waals surface area contributed by atoms with Crippen LogP contribution in [0.4, 0.5) is 0 Å². The van der Waals surface area contributed by atoms with Gasteiger partial charge in [0.05, 0.1) is 0 Å². The minimum Gasteiger partial charge on any atom is -0.342 e. The highest BCUT2D eigenvalue weighted by atomic mass is 16.2. The lowest BCUT2D eigenvalue weighted by molar-refractivity contribution is -0.133. The molecule has 3 heteroatoms. The molecule has 0 spiro atoms. The fourth-order valence-electron chi connectivity index (χ4n) is 3.29. The predicted molar refractivity (Wildman–Crippen MR) is 86.7 cm³/mol. The number of likely N-dealkylation sites (tertiary alicyclic amines) is 1. The van der Waals surface area contributed by atoms with Crippen LogP contribution in [-0.2, 0) is 4.79 Å². The maximum absolute atomic E-state index is 12.5. The summed E-state index contributed by atoms with van der Waals surface area (Å²) in [6, 6.07) is 9.72. The molecule has 1 aromatic carbocycles. The average Bonchev–Trinajstić information content (AvgIpc) is 2.47. The van der Waals surface area contributed by atoms with Crippen molar-refractivity contribution in [1.29, 1.82) is 0 Å². The molecule has 2 rings (SSSR count). The molecule has 21 heavy (non-hydrogen) atoms. The van der Waals surface area contributed by atoms with Gasteiger partial charge in [0.1, 0.15) is 0 Å². The van der Waals surface area contributed by atoms with Gasteiger partial charge in [-0.05, 0) is 36.7 Å². The number of nitrogens with zero attached hydrogens (tertiary/aromatic N) is 1. The highest BCUT2D eigenvalue weighted by molar-refractivity contribution is 5.77. The first kappa shape index (κ1) is 16.0. The Kier molecular flexibility index (Phi) is 5.80. The number of piperidine rings is 1. The Labute approximate surface area is 128 Å². The zero-order chi connectivity index (χ0) is 15.2. The number of hydrogen-bond acceptors (Lipinski definition) is 2. The summed E-state index contributed by atoms with van der Waals surface area (Å²) in [5, 5.41) is 0. The molecular formula is C18H28N2O. The van der Waals surface area contributed by atoms with Gasteiger partial charge in [0, 0.05) is 25.6 Å². The van der Waals surface area contributed by atoms with Gasteiger partial charge in [0.2, 0.25) is 5.91 Å². The van der Waals surface area contributed by atoms with Crippen LogP contribution in [0, 0.1) is 11.8 Å². The summed E-state index contributed by atoms with van der Waals surface area (Å²) < 4.78 is 0. The van der Waals surface area contributed by atoms with Crippen molar-refractivity contribution in [3.63, 3.8) is 0 Å². The molecule has 3 nitrogen and oxygen atoms in total. The molecule has 1 aliphatic rings. The molecular weight excluding hydrogens is 260 g/mol.